The van der Waals surface area contributed by atoms with Crippen molar-refractivity contribution in [2.24, 2.45) is 0 Å². The number of furan rings is 1. The lowest BCUT2D eigenvalue weighted by Crippen LogP contribution is -2.48. The molecule has 0 radical (unpaired) electrons. The smallest absolute Gasteiger partial charge is 0.326 e. The van der Waals surface area contributed by atoms with Crippen LogP contribution in [0.3, 0.4) is 0 Å². The first-order chi connectivity index (χ1) is 12.1. The van der Waals surface area contributed by atoms with Crippen molar-refractivity contribution in [1.82, 2.24) is 10.1 Å². The van der Waals surface area contributed by atoms with Gasteiger partial charge < -0.3 is 18.9 Å². The van der Waals surface area contributed by atoms with Crippen LogP contribution < -0.4 is 0 Å². The average Bonchev–Trinajstić information content (AvgIpc) is 3.31. The standard InChI is InChI=1S/C18H14N2O5/c21-17(13-9-16(25-19-13)15-6-3-7-24-15)20-10-12-5-2-1-4-11(12)8-14(20)18(22)23/h1-7,9,14H,8,10H2,(H,22,23)/t14-/m0/s1. The first kappa shape index (κ1) is 15.2. The Morgan fingerprint density at radius 3 is 2.64 bits per heavy atom. The van der Waals surface area contributed by atoms with E-state index in [4.69, 9.17) is 8.94 Å². The molecule has 1 N–H and O–H groups in total. The molecule has 7 heteroatoms. The molecule has 3 aromatic rings. The van der Waals surface area contributed by atoms with Gasteiger partial charge in [0.25, 0.3) is 5.91 Å². The molecule has 1 aliphatic rings. The molecular weight excluding hydrogens is 324 g/mol. The number of aliphatic carboxylic acids is 1. The summed E-state index contributed by atoms with van der Waals surface area (Å²) in [5.41, 5.74) is 1.93. The van der Waals surface area contributed by atoms with E-state index in [0.717, 1.165) is 11.1 Å². The number of hydrogen-bond donors (Lipinski definition) is 1. The summed E-state index contributed by atoms with van der Waals surface area (Å²) in [6.07, 6.45) is 1.75. The van der Waals surface area contributed by atoms with Gasteiger partial charge in [0.15, 0.2) is 11.5 Å². The topological polar surface area (TPSA) is 96.8 Å². The van der Waals surface area contributed by atoms with Crippen LogP contribution in [0.25, 0.3) is 11.5 Å². The minimum absolute atomic E-state index is 0.0528. The molecule has 0 saturated carbocycles. The van der Waals surface area contributed by atoms with Crippen molar-refractivity contribution < 1.29 is 23.6 Å². The summed E-state index contributed by atoms with van der Waals surface area (Å²) in [6.45, 7) is 0.217. The summed E-state index contributed by atoms with van der Waals surface area (Å²) in [5.74, 6) is -0.760. The second-order valence-corrected chi connectivity index (χ2v) is 5.81. The molecule has 1 amide bonds. The molecule has 25 heavy (non-hydrogen) atoms. The first-order valence-electron chi connectivity index (χ1n) is 7.74. The van der Waals surface area contributed by atoms with Crippen LogP contribution in [-0.4, -0.2) is 33.1 Å². The van der Waals surface area contributed by atoms with E-state index in [1.54, 1.807) is 12.1 Å². The van der Waals surface area contributed by atoms with E-state index < -0.39 is 17.9 Å². The van der Waals surface area contributed by atoms with Gasteiger partial charge in [-0.2, -0.15) is 0 Å². The molecule has 7 nitrogen and oxygen atoms in total. The average molecular weight is 338 g/mol. The molecule has 0 spiro atoms. The lowest BCUT2D eigenvalue weighted by Gasteiger charge is -2.33. The van der Waals surface area contributed by atoms with E-state index in [2.05, 4.69) is 5.16 Å². The van der Waals surface area contributed by atoms with Crippen LogP contribution in [0.2, 0.25) is 0 Å². The van der Waals surface area contributed by atoms with Crippen molar-refractivity contribution >= 4 is 11.9 Å². The van der Waals surface area contributed by atoms with Crippen molar-refractivity contribution in [2.45, 2.75) is 19.0 Å². The summed E-state index contributed by atoms with van der Waals surface area (Å²) >= 11 is 0. The molecule has 1 aromatic carbocycles. The van der Waals surface area contributed by atoms with E-state index in [1.165, 1.54) is 17.2 Å². The van der Waals surface area contributed by atoms with Gasteiger partial charge in [-0.15, -0.1) is 0 Å². The first-order valence-corrected chi connectivity index (χ1v) is 7.74. The predicted octanol–water partition coefficient (Wildman–Crippen LogP) is 2.59. The zero-order chi connectivity index (χ0) is 17.4. The highest BCUT2D eigenvalue weighted by molar-refractivity contribution is 5.96. The molecule has 0 bridgehead atoms. The molecule has 0 saturated heterocycles. The maximum atomic E-state index is 12.8. The minimum Gasteiger partial charge on any atom is -0.480 e. The van der Waals surface area contributed by atoms with Crippen LogP contribution in [-0.2, 0) is 17.8 Å². The Balaban J connectivity index is 1.65. The molecule has 0 unspecified atom stereocenters. The van der Waals surface area contributed by atoms with Gasteiger partial charge in [0.1, 0.15) is 6.04 Å². The third-order valence-corrected chi connectivity index (χ3v) is 4.29. The summed E-state index contributed by atoms with van der Waals surface area (Å²) in [4.78, 5) is 25.8. The van der Waals surface area contributed by atoms with Gasteiger partial charge in [-0.05, 0) is 23.3 Å². The molecule has 4 rings (SSSR count). The molecule has 1 atom stereocenters. The van der Waals surface area contributed by atoms with Gasteiger partial charge in [-0.25, -0.2) is 4.79 Å². The summed E-state index contributed by atoms with van der Waals surface area (Å²) in [7, 11) is 0. The van der Waals surface area contributed by atoms with Crippen LogP contribution in [0.4, 0.5) is 0 Å². The minimum atomic E-state index is -1.04. The van der Waals surface area contributed by atoms with Gasteiger partial charge in [0.2, 0.25) is 5.76 Å². The summed E-state index contributed by atoms with van der Waals surface area (Å²) in [6, 6.07) is 11.4. The number of carboxylic acids is 1. The van der Waals surface area contributed by atoms with Crippen LogP contribution in [0.5, 0.6) is 0 Å². The molecular formula is C18H14N2O5. The number of fused-ring (bicyclic) bond motifs is 1. The molecule has 0 aliphatic carbocycles. The largest absolute Gasteiger partial charge is 0.480 e. The quantitative estimate of drug-likeness (QED) is 0.788. The Hall–Kier alpha value is -3.35. The van der Waals surface area contributed by atoms with E-state index >= 15 is 0 Å². The van der Waals surface area contributed by atoms with Gasteiger partial charge in [0.05, 0.1) is 6.26 Å². The van der Waals surface area contributed by atoms with E-state index in [1.807, 2.05) is 24.3 Å². The highest BCUT2D eigenvalue weighted by atomic mass is 16.5. The lowest BCUT2D eigenvalue weighted by atomic mass is 9.93. The van der Waals surface area contributed by atoms with Gasteiger partial charge in [-0.3, -0.25) is 4.79 Å². The Labute approximate surface area is 142 Å². The molecule has 1 aliphatic heterocycles. The highest BCUT2D eigenvalue weighted by Crippen LogP contribution is 2.26. The van der Waals surface area contributed by atoms with Gasteiger partial charge in [-0.1, -0.05) is 29.4 Å². The van der Waals surface area contributed by atoms with Crippen LogP contribution in [0.15, 0.2) is 57.7 Å². The van der Waals surface area contributed by atoms with Crippen molar-refractivity contribution in [3.05, 3.63) is 65.5 Å². The number of rotatable bonds is 3. The third-order valence-electron chi connectivity index (χ3n) is 4.29. The number of carbonyl (C=O) groups is 2. The number of hydrogen-bond acceptors (Lipinski definition) is 5. The SMILES string of the molecule is O=C(O)[C@@H]1Cc2ccccc2CN1C(=O)c1cc(-c2ccco2)on1. The second kappa shape index (κ2) is 5.94. The van der Waals surface area contributed by atoms with Gasteiger partial charge >= 0.3 is 5.97 Å². The van der Waals surface area contributed by atoms with Gasteiger partial charge in [0, 0.05) is 19.0 Å². The molecule has 0 fully saturated rings. The molecule has 126 valence electrons. The summed E-state index contributed by atoms with van der Waals surface area (Å²) in [5, 5.41) is 13.3. The zero-order valence-electron chi connectivity index (χ0n) is 13.1. The number of aromatic nitrogens is 1. The fraction of sp³-hybridized carbons (Fsp3) is 0.167. The highest BCUT2D eigenvalue weighted by Gasteiger charge is 2.36. The predicted molar refractivity (Wildman–Crippen MR) is 85.6 cm³/mol. The molecule has 3 heterocycles. The maximum Gasteiger partial charge on any atom is 0.326 e. The number of amides is 1. The Kier molecular flexibility index (Phi) is 3.61. The van der Waals surface area contributed by atoms with Crippen LogP contribution in [0.1, 0.15) is 21.6 Å². The lowest BCUT2D eigenvalue weighted by molar-refractivity contribution is -0.142. The number of carboxylic acid groups (broad SMARTS) is 1. The Morgan fingerprint density at radius 1 is 1.12 bits per heavy atom. The zero-order valence-corrected chi connectivity index (χ0v) is 13.1. The number of carbonyl (C=O) groups excluding carboxylic acids is 1. The fourth-order valence-electron chi connectivity index (χ4n) is 3.02. The molecule has 2 aromatic heterocycles. The number of nitrogens with zero attached hydrogens (tertiary/aromatic N) is 2. The van der Waals surface area contributed by atoms with Crippen molar-refractivity contribution in [1.29, 1.82) is 0 Å². The van der Waals surface area contributed by atoms with Crippen molar-refractivity contribution in [2.75, 3.05) is 0 Å². The Bertz CT molecular complexity index is 929. The fourth-order valence-corrected chi connectivity index (χ4v) is 3.02. The van der Waals surface area contributed by atoms with Crippen LogP contribution in [0, 0.1) is 0 Å². The van der Waals surface area contributed by atoms with E-state index in [0.29, 0.717) is 11.5 Å². The monoisotopic (exact) mass is 338 g/mol. The third kappa shape index (κ3) is 2.69. The van der Waals surface area contributed by atoms with E-state index in [9.17, 15) is 14.7 Å². The van der Waals surface area contributed by atoms with E-state index in [-0.39, 0.29) is 18.7 Å². The van der Waals surface area contributed by atoms with Crippen molar-refractivity contribution in [3.63, 3.8) is 0 Å². The Morgan fingerprint density at radius 2 is 1.92 bits per heavy atom. The van der Waals surface area contributed by atoms with Crippen LogP contribution >= 0.6 is 0 Å². The number of benzene rings is 1. The van der Waals surface area contributed by atoms with Crippen molar-refractivity contribution in [3.8, 4) is 11.5 Å². The normalized spacial score (nSPS) is 16.5. The summed E-state index contributed by atoms with van der Waals surface area (Å²) < 4.78 is 10.4. The second-order valence-electron chi connectivity index (χ2n) is 5.81. The maximum absolute atomic E-state index is 12.8.